The number of aromatic nitrogens is 4. The summed E-state index contributed by atoms with van der Waals surface area (Å²) < 4.78 is 7.14. The number of nitrogens with zero attached hydrogens (tertiary/aromatic N) is 4. The molecular formula is C11H14N4OS. The van der Waals surface area contributed by atoms with Gasteiger partial charge < -0.3 is 4.74 Å². The Kier molecular flexibility index (Phi) is 2.76. The predicted molar refractivity (Wildman–Crippen MR) is 65.3 cm³/mol. The van der Waals surface area contributed by atoms with Crippen LogP contribution in [0.2, 0.25) is 0 Å². The Hall–Kier alpha value is -1.14. The second kappa shape index (κ2) is 4.27. The quantitative estimate of drug-likeness (QED) is 0.810. The third-order valence-electron chi connectivity index (χ3n) is 2.76. The Morgan fingerprint density at radius 1 is 1.41 bits per heavy atom. The first kappa shape index (κ1) is 11.0. The molecule has 0 N–H and O–H groups in total. The van der Waals surface area contributed by atoms with E-state index in [1.165, 1.54) is 0 Å². The minimum Gasteiger partial charge on any atom is -0.380 e. The van der Waals surface area contributed by atoms with Crippen molar-refractivity contribution in [1.29, 1.82) is 0 Å². The van der Waals surface area contributed by atoms with Gasteiger partial charge in [0.25, 0.3) is 5.78 Å². The molecule has 0 aromatic carbocycles. The summed E-state index contributed by atoms with van der Waals surface area (Å²) in [6.45, 7) is 5.63. The summed E-state index contributed by atoms with van der Waals surface area (Å²) in [6.07, 6.45) is 1.08. The zero-order chi connectivity index (χ0) is 11.8. The van der Waals surface area contributed by atoms with Crippen LogP contribution >= 0.6 is 11.8 Å². The molecule has 0 unspecified atom stereocenters. The van der Waals surface area contributed by atoms with Gasteiger partial charge in [-0.05, 0) is 26.3 Å². The third-order valence-corrected chi connectivity index (χ3v) is 3.85. The average Bonchev–Trinajstić information content (AvgIpc) is 2.87. The first-order valence-electron chi connectivity index (χ1n) is 5.68. The highest BCUT2D eigenvalue weighted by atomic mass is 32.2. The molecule has 3 heterocycles. The summed E-state index contributed by atoms with van der Waals surface area (Å²) in [7, 11) is 0. The highest BCUT2D eigenvalue weighted by Crippen LogP contribution is 2.26. The van der Waals surface area contributed by atoms with Crippen molar-refractivity contribution in [2.24, 2.45) is 0 Å². The number of rotatable bonds is 2. The molecular weight excluding hydrogens is 236 g/mol. The molecule has 0 radical (unpaired) electrons. The second-order valence-corrected chi connectivity index (χ2v) is 5.52. The van der Waals surface area contributed by atoms with Gasteiger partial charge in [-0.3, -0.25) is 0 Å². The molecule has 17 heavy (non-hydrogen) atoms. The molecule has 1 aliphatic heterocycles. The lowest BCUT2D eigenvalue weighted by Gasteiger charge is -2.01. The number of thioether (sulfide) groups is 1. The summed E-state index contributed by atoms with van der Waals surface area (Å²) in [4.78, 5) is 8.82. The van der Waals surface area contributed by atoms with Crippen LogP contribution in [-0.2, 0) is 4.74 Å². The molecule has 2 aromatic heterocycles. The van der Waals surface area contributed by atoms with Crippen LogP contribution in [0.3, 0.4) is 0 Å². The van der Waals surface area contributed by atoms with E-state index in [0.29, 0.717) is 11.0 Å². The van der Waals surface area contributed by atoms with Crippen LogP contribution < -0.4 is 0 Å². The molecule has 2 aromatic rings. The third kappa shape index (κ3) is 2.14. The van der Waals surface area contributed by atoms with Gasteiger partial charge in [0.05, 0.1) is 6.61 Å². The molecule has 1 saturated heterocycles. The maximum absolute atomic E-state index is 5.35. The zero-order valence-corrected chi connectivity index (χ0v) is 10.7. The van der Waals surface area contributed by atoms with Crippen molar-refractivity contribution in [3.8, 4) is 0 Å². The van der Waals surface area contributed by atoms with Gasteiger partial charge >= 0.3 is 0 Å². The number of hydrogen-bond acceptors (Lipinski definition) is 5. The van der Waals surface area contributed by atoms with Crippen LogP contribution in [0.5, 0.6) is 0 Å². The van der Waals surface area contributed by atoms with E-state index in [1.807, 2.05) is 19.9 Å². The molecule has 0 amide bonds. The predicted octanol–water partition coefficient (Wildman–Crippen LogP) is 1.62. The van der Waals surface area contributed by atoms with Gasteiger partial charge in [-0.15, -0.1) is 5.10 Å². The Labute approximate surface area is 104 Å². The molecule has 6 heteroatoms. The molecule has 1 fully saturated rings. The van der Waals surface area contributed by atoms with E-state index in [2.05, 4.69) is 15.1 Å². The topological polar surface area (TPSA) is 52.3 Å². The molecule has 1 aliphatic rings. The van der Waals surface area contributed by atoms with E-state index in [1.54, 1.807) is 16.3 Å². The lowest BCUT2D eigenvalue weighted by molar-refractivity contribution is 0.199. The Balaban J connectivity index is 1.93. The highest BCUT2D eigenvalue weighted by molar-refractivity contribution is 7.99. The summed E-state index contributed by atoms with van der Waals surface area (Å²) in [5.74, 6) is 0.684. The highest BCUT2D eigenvalue weighted by Gasteiger charge is 2.19. The minimum atomic E-state index is 0.480. The normalized spacial score (nSPS) is 20.2. The minimum absolute atomic E-state index is 0.480. The lowest BCUT2D eigenvalue weighted by atomic mass is 10.4. The molecule has 0 aliphatic carbocycles. The van der Waals surface area contributed by atoms with E-state index < -0.39 is 0 Å². The van der Waals surface area contributed by atoms with Gasteiger partial charge in [-0.2, -0.15) is 4.98 Å². The first-order chi connectivity index (χ1) is 8.22. The smallest absolute Gasteiger partial charge is 0.253 e. The standard InChI is InChI=1S/C11H14N4OS/c1-7-5-8(2)15-10(12-7)13-11(14-15)17-9-3-4-16-6-9/h5,9H,3-4,6H2,1-2H3/t9-/m1/s1. The van der Waals surface area contributed by atoms with Crippen LogP contribution in [-0.4, -0.2) is 38.0 Å². The fraction of sp³-hybridized carbons (Fsp3) is 0.545. The van der Waals surface area contributed by atoms with Crippen molar-refractivity contribution in [2.75, 3.05) is 13.2 Å². The number of ether oxygens (including phenoxy) is 1. The van der Waals surface area contributed by atoms with Crippen molar-refractivity contribution in [3.63, 3.8) is 0 Å². The Bertz CT molecular complexity index is 548. The maximum Gasteiger partial charge on any atom is 0.253 e. The van der Waals surface area contributed by atoms with Crippen molar-refractivity contribution in [1.82, 2.24) is 19.6 Å². The van der Waals surface area contributed by atoms with E-state index in [4.69, 9.17) is 4.74 Å². The van der Waals surface area contributed by atoms with E-state index in [9.17, 15) is 0 Å². The van der Waals surface area contributed by atoms with Crippen LogP contribution in [0.1, 0.15) is 17.8 Å². The molecule has 0 bridgehead atoms. The Morgan fingerprint density at radius 3 is 3.06 bits per heavy atom. The van der Waals surface area contributed by atoms with E-state index >= 15 is 0 Å². The fourth-order valence-corrected chi connectivity index (χ4v) is 2.89. The number of fused-ring (bicyclic) bond motifs is 1. The van der Waals surface area contributed by atoms with Crippen LogP contribution in [0.15, 0.2) is 11.2 Å². The van der Waals surface area contributed by atoms with Crippen molar-refractivity contribution >= 4 is 17.5 Å². The lowest BCUT2D eigenvalue weighted by Crippen LogP contribution is -2.01. The van der Waals surface area contributed by atoms with Gasteiger partial charge in [-0.1, -0.05) is 11.8 Å². The SMILES string of the molecule is Cc1cc(C)n2nc(S[C@@H]3CCOC3)nc2n1. The van der Waals surface area contributed by atoms with Crippen LogP contribution in [0.25, 0.3) is 5.78 Å². The Morgan fingerprint density at radius 2 is 2.29 bits per heavy atom. The van der Waals surface area contributed by atoms with Crippen LogP contribution in [0.4, 0.5) is 0 Å². The first-order valence-corrected chi connectivity index (χ1v) is 6.56. The molecule has 90 valence electrons. The molecule has 1 atom stereocenters. The fourth-order valence-electron chi connectivity index (χ4n) is 1.95. The van der Waals surface area contributed by atoms with Gasteiger partial charge in [0.1, 0.15) is 0 Å². The number of hydrogen-bond donors (Lipinski definition) is 0. The average molecular weight is 250 g/mol. The summed E-state index contributed by atoms with van der Waals surface area (Å²) >= 11 is 1.68. The zero-order valence-electron chi connectivity index (χ0n) is 9.88. The van der Waals surface area contributed by atoms with E-state index in [0.717, 1.165) is 36.2 Å². The summed E-state index contributed by atoms with van der Waals surface area (Å²) in [5.41, 5.74) is 2.04. The second-order valence-electron chi connectivity index (χ2n) is 4.25. The number of aryl methyl sites for hydroxylation is 2. The van der Waals surface area contributed by atoms with Gasteiger partial charge in [0.15, 0.2) is 0 Å². The molecule has 5 nitrogen and oxygen atoms in total. The van der Waals surface area contributed by atoms with Gasteiger partial charge in [0.2, 0.25) is 5.16 Å². The summed E-state index contributed by atoms with van der Waals surface area (Å²) in [6, 6.07) is 2.01. The molecule has 3 rings (SSSR count). The summed E-state index contributed by atoms with van der Waals surface area (Å²) in [5, 5.41) is 5.74. The van der Waals surface area contributed by atoms with Crippen molar-refractivity contribution in [2.45, 2.75) is 30.7 Å². The molecule has 0 spiro atoms. The van der Waals surface area contributed by atoms with E-state index in [-0.39, 0.29) is 0 Å². The van der Waals surface area contributed by atoms with Crippen molar-refractivity contribution in [3.05, 3.63) is 17.5 Å². The van der Waals surface area contributed by atoms with Gasteiger partial charge in [0, 0.05) is 23.2 Å². The largest absolute Gasteiger partial charge is 0.380 e. The maximum atomic E-state index is 5.35. The van der Waals surface area contributed by atoms with Gasteiger partial charge in [-0.25, -0.2) is 9.50 Å². The monoisotopic (exact) mass is 250 g/mol. The molecule has 0 saturated carbocycles. The van der Waals surface area contributed by atoms with Crippen molar-refractivity contribution < 1.29 is 4.74 Å². The van der Waals surface area contributed by atoms with Crippen LogP contribution in [0, 0.1) is 13.8 Å².